The lowest BCUT2D eigenvalue weighted by molar-refractivity contribution is -0.184. The summed E-state index contributed by atoms with van der Waals surface area (Å²) in [6.07, 6.45) is 5.29. The number of carbonyl (C=O) groups excluding carboxylic acids is 1. The van der Waals surface area contributed by atoms with Crippen LogP contribution in [0.4, 0.5) is 0 Å². The fourth-order valence-corrected chi connectivity index (χ4v) is 7.59. The molecule has 0 saturated heterocycles. The van der Waals surface area contributed by atoms with Gasteiger partial charge in [-0.3, -0.25) is 4.90 Å². The molecule has 0 amide bonds. The molecular formula is C30H38ClNO3S2. The van der Waals surface area contributed by atoms with E-state index in [0.717, 1.165) is 54.1 Å². The van der Waals surface area contributed by atoms with Crippen molar-refractivity contribution in [1.29, 1.82) is 0 Å². The van der Waals surface area contributed by atoms with Gasteiger partial charge in [-0.25, -0.2) is 4.79 Å². The average Bonchev–Trinajstić information content (AvgIpc) is 2.92. The molecule has 37 heavy (non-hydrogen) atoms. The predicted molar refractivity (Wildman–Crippen MR) is 155 cm³/mol. The first-order valence-corrected chi connectivity index (χ1v) is 14.8. The maximum atomic E-state index is 13.9. The third kappa shape index (κ3) is 6.69. The van der Waals surface area contributed by atoms with E-state index in [1.54, 1.807) is 23.5 Å². The van der Waals surface area contributed by atoms with Gasteiger partial charge >= 0.3 is 5.97 Å². The Kier molecular flexibility index (Phi) is 11.7. The van der Waals surface area contributed by atoms with E-state index >= 15 is 0 Å². The number of hydrogen-bond acceptors (Lipinski definition) is 6. The summed E-state index contributed by atoms with van der Waals surface area (Å²) in [7, 11) is 0. The molecule has 1 aliphatic carbocycles. The van der Waals surface area contributed by atoms with Crippen molar-refractivity contribution in [3.8, 4) is 11.8 Å². The van der Waals surface area contributed by atoms with Gasteiger partial charge in [0, 0.05) is 31.1 Å². The van der Waals surface area contributed by atoms with Gasteiger partial charge in [0.05, 0.1) is 13.2 Å². The molecule has 2 aliphatic rings. The van der Waals surface area contributed by atoms with Gasteiger partial charge in [0.25, 0.3) is 0 Å². The number of ether oxygens (including phenoxy) is 2. The monoisotopic (exact) mass is 559 g/mol. The lowest BCUT2D eigenvalue weighted by Gasteiger charge is -2.41. The Bertz CT molecular complexity index is 1110. The Morgan fingerprint density at radius 1 is 0.946 bits per heavy atom. The number of hydrogen-bond donors (Lipinski definition) is 0. The highest BCUT2D eigenvalue weighted by molar-refractivity contribution is 8.05. The first-order valence-electron chi connectivity index (χ1n) is 13.2. The van der Waals surface area contributed by atoms with Crippen molar-refractivity contribution >= 4 is 41.9 Å². The fourth-order valence-electron chi connectivity index (χ4n) is 5.16. The fraction of sp³-hybridized carbons (Fsp3) is 0.500. The van der Waals surface area contributed by atoms with E-state index in [9.17, 15) is 4.79 Å². The molecule has 4 nitrogen and oxygen atoms in total. The molecule has 0 aromatic heterocycles. The molecule has 4 rings (SSSR count). The van der Waals surface area contributed by atoms with Crippen molar-refractivity contribution in [3.63, 3.8) is 0 Å². The van der Waals surface area contributed by atoms with E-state index in [-0.39, 0.29) is 30.9 Å². The van der Waals surface area contributed by atoms with E-state index < -0.39 is 5.60 Å². The van der Waals surface area contributed by atoms with Gasteiger partial charge in [-0.2, -0.15) is 0 Å². The van der Waals surface area contributed by atoms with Gasteiger partial charge in [-0.1, -0.05) is 92.7 Å². The van der Waals surface area contributed by atoms with Gasteiger partial charge in [0.2, 0.25) is 0 Å². The highest BCUT2D eigenvalue weighted by atomic mass is 35.5. The van der Waals surface area contributed by atoms with Crippen molar-refractivity contribution in [3.05, 3.63) is 48.0 Å². The van der Waals surface area contributed by atoms with Crippen LogP contribution in [-0.2, 0) is 19.9 Å². The Morgan fingerprint density at radius 2 is 1.62 bits per heavy atom. The topological polar surface area (TPSA) is 38.8 Å². The van der Waals surface area contributed by atoms with Crippen LogP contribution in [0.3, 0.4) is 0 Å². The van der Waals surface area contributed by atoms with Gasteiger partial charge < -0.3 is 9.47 Å². The molecule has 1 saturated carbocycles. The summed E-state index contributed by atoms with van der Waals surface area (Å²) in [6.45, 7) is 9.32. The second kappa shape index (κ2) is 14.5. The number of fused-ring (bicyclic) bond motifs is 2. The Hall–Kier alpha value is -1.62. The van der Waals surface area contributed by atoms with Crippen molar-refractivity contribution in [2.45, 2.75) is 78.1 Å². The number of nitrogens with zero attached hydrogens (tertiary/aromatic N) is 1. The zero-order chi connectivity index (χ0) is 25.4. The quantitative estimate of drug-likeness (QED) is 0.200. The van der Waals surface area contributed by atoms with Crippen molar-refractivity contribution in [1.82, 2.24) is 4.90 Å². The zero-order valence-electron chi connectivity index (χ0n) is 22.1. The molecule has 200 valence electrons. The Morgan fingerprint density at radius 3 is 2.30 bits per heavy atom. The normalized spacial score (nSPS) is 16.4. The van der Waals surface area contributed by atoms with Gasteiger partial charge in [-0.15, -0.1) is 12.4 Å². The highest BCUT2D eigenvalue weighted by Gasteiger charge is 2.51. The number of benzene rings is 2. The Balaban J connectivity index is 0.00000380. The van der Waals surface area contributed by atoms with E-state index in [1.165, 1.54) is 16.2 Å². The summed E-state index contributed by atoms with van der Waals surface area (Å²) in [5.41, 5.74) is -0.228. The van der Waals surface area contributed by atoms with E-state index in [2.05, 4.69) is 73.1 Å². The first-order chi connectivity index (χ1) is 17.6. The number of halogens is 1. The van der Waals surface area contributed by atoms with Gasteiger partial charge in [-0.05, 0) is 51.1 Å². The molecule has 1 unspecified atom stereocenters. The van der Waals surface area contributed by atoms with Crippen LogP contribution >= 0.6 is 35.9 Å². The molecule has 1 aliphatic heterocycles. The van der Waals surface area contributed by atoms with E-state index in [0.29, 0.717) is 13.2 Å². The minimum atomic E-state index is -1.16. The Labute approximate surface area is 237 Å². The van der Waals surface area contributed by atoms with E-state index in [4.69, 9.17) is 9.47 Å². The maximum absolute atomic E-state index is 13.9. The molecule has 0 spiro atoms. The predicted octanol–water partition coefficient (Wildman–Crippen LogP) is 7.42. The van der Waals surface area contributed by atoms with Gasteiger partial charge in [0.15, 0.2) is 5.60 Å². The smallest absolute Gasteiger partial charge is 0.343 e. The van der Waals surface area contributed by atoms with Crippen LogP contribution < -0.4 is 0 Å². The van der Waals surface area contributed by atoms with Crippen molar-refractivity contribution in [2.75, 3.05) is 32.8 Å². The summed E-state index contributed by atoms with van der Waals surface area (Å²) in [6, 6.07) is 14.7. The van der Waals surface area contributed by atoms with Crippen LogP contribution in [0.25, 0.3) is 0 Å². The minimum Gasteiger partial charge on any atom is -0.464 e. The van der Waals surface area contributed by atoms with Crippen LogP contribution in [0, 0.1) is 17.8 Å². The van der Waals surface area contributed by atoms with Crippen molar-refractivity contribution in [2.24, 2.45) is 5.92 Å². The number of carbonyl (C=O) groups is 1. The summed E-state index contributed by atoms with van der Waals surface area (Å²) in [5.74, 6) is 6.24. The van der Waals surface area contributed by atoms with Crippen LogP contribution in [0.2, 0.25) is 0 Å². The zero-order valence-corrected chi connectivity index (χ0v) is 24.5. The minimum absolute atomic E-state index is 0. The number of esters is 1. The molecule has 0 radical (unpaired) electrons. The second-order valence-electron chi connectivity index (χ2n) is 9.18. The molecule has 0 N–H and O–H groups in total. The van der Waals surface area contributed by atoms with Crippen LogP contribution in [0.15, 0.2) is 62.0 Å². The molecule has 2 aromatic carbocycles. The highest BCUT2D eigenvalue weighted by Crippen LogP contribution is 2.54. The van der Waals surface area contributed by atoms with Crippen LogP contribution in [-0.4, -0.2) is 43.7 Å². The summed E-state index contributed by atoms with van der Waals surface area (Å²) in [4.78, 5) is 20.9. The summed E-state index contributed by atoms with van der Waals surface area (Å²) in [5, 5.41) is 0. The van der Waals surface area contributed by atoms with Gasteiger partial charge in [0.1, 0.15) is 6.61 Å². The maximum Gasteiger partial charge on any atom is 0.343 e. The lowest BCUT2D eigenvalue weighted by atomic mass is 9.73. The van der Waals surface area contributed by atoms with Crippen molar-refractivity contribution < 1.29 is 14.3 Å². The third-order valence-electron chi connectivity index (χ3n) is 7.11. The van der Waals surface area contributed by atoms with Crippen LogP contribution in [0.1, 0.15) is 58.4 Å². The van der Waals surface area contributed by atoms with E-state index in [1.807, 2.05) is 6.92 Å². The van der Waals surface area contributed by atoms with Crippen LogP contribution in [0.5, 0.6) is 0 Å². The third-order valence-corrected chi connectivity index (χ3v) is 9.73. The average molecular weight is 560 g/mol. The molecule has 1 fully saturated rings. The molecular weight excluding hydrogens is 522 g/mol. The lowest BCUT2D eigenvalue weighted by Crippen LogP contribution is -2.48. The SMILES string of the molecule is CCOC(=O)C(OCC#CCN(CC)CC)(c1cccc2c1Sc1ccccc1S2)C1CCCCC1.Cl. The summed E-state index contributed by atoms with van der Waals surface area (Å²) >= 11 is 3.50. The molecule has 2 aromatic rings. The summed E-state index contributed by atoms with van der Waals surface area (Å²) < 4.78 is 12.5. The molecule has 1 heterocycles. The number of rotatable bonds is 9. The standard InChI is InChI=1S/C30H37NO3S2.ClH/c1-4-31(5-2)21-12-13-22-34-30(29(32)33-6-3,23-15-8-7-9-16-23)24-17-14-20-27-28(24)36-26-19-11-10-18-25(26)35-27;/h10-11,14,17-20,23H,4-9,15-16,21-22H2,1-3H3;1H. The largest absolute Gasteiger partial charge is 0.464 e. The second-order valence-corrected chi connectivity index (χ2v) is 11.3. The molecule has 1 atom stereocenters. The molecule has 0 bridgehead atoms. The molecule has 7 heteroatoms. The first kappa shape index (κ1) is 29.9.